The van der Waals surface area contributed by atoms with Gasteiger partial charge in [-0.2, -0.15) is 0 Å². The van der Waals surface area contributed by atoms with Crippen molar-refractivity contribution in [2.45, 2.75) is 6.17 Å². The normalized spacial score (nSPS) is 13.0. The Kier molecular flexibility index (Phi) is 2.85. The van der Waals surface area contributed by atoms with Gasteiger partial charge in [-0.05, 0) is 17.7 Å². The fourth-order valence-corrected chi connectivity index (χ4v) is 1.01. The number of alkyl halides is 1. The zero-order valence-electron chi connectivity index (χ0n) is 5.80. The zero-order valence-corrected chi connectivity index (χ0v) is 6.55. The van der Waals surface area contributed by atoms with Crippen molar-refractivity contribution in [2.24, 2.45) is 0 Å². The molecule has 11 heavy (non-hydrogen) atoms. The van der Waals surface area contributed by atoms with Crippen LogP contribution in [-0.4, -0.2) is 11.7 Å². The van der Waals surface area contributed by atoms with Gasteiger partial charge < -0.3 is 5.11 Å². The lowest BCUT2D eigenvalue weighted by Crippen LogP contribution is -1.96. The molecule has 0 saturated carbocycles. The summed E-state index contributed by atoms with van der Waals surface area (Å²) in [5.74, 6) is 0. The molecule has 0 aliphatic heterocycles. The molecule has 1 aromatic rings. The van der Waals surface area contributed by atoms with E-state index in [0.29, 0.717) is 10.6 Å². The molecule has 0 amide bonds. The number of aliphatic hydroxyl groups is 1. The van der Waals surface area contributed by atoms with Gasteiger partial charge >= 0.3 is 0 Å². The third-order valence-corrected chi connectivity index (χ3v) is 1.61. The maximum absolute atomic E-state index is 12.7. The quantitative estimate of drug-likeness (QED) is 0.730. The van der Waals surface area contributed by atoms with Crippen LogP contribution in [0, 0.1) is 0 Å². The molecule has 0 aromatic heterocycles. The second-order valence-electron chi connectivity index (χ2n) is 2.21. The van der Waals surface area contributed by atoms with Crippen molar-refractivity contribution in [3.05, 3.63) is 34.9 Å². The number of halogens is 2. The molecule has 1 aromatic carbocycles. The Morgan fingerprint density at radius 1 is 1.55 bits per heavy atom. The lowest BCUT2D eigenvalue weighted by atomic mass is 10.1. The third-order valence-electron chi connectivity index (χ3n) is 1.37. The molecule has 0 bridgehead atoms. The van der Waals surface area contributed by atoms with Gasteiger partial charge in [0.25, 0.3) is 0 Å². The van der Waals surface area contributed by atoms with Crippen LogP contribution in [0.25, 0.3) is 0 Å². The SMILES string of the molecule is OCC(F)c1cccc(Cl)c1. The van der Waals surface area contributed by atoms with Crippen LogP contribution in [0.1, 0.15) is 11.7 Å². The lowest BCUT2D eigenvalue weighted by Gasteiger charge is -2.03. The molecular formula is C8H8ClFO. The molecule has 0 saturated heterocycles. The van der Waals surface area contributed by atoms with E-state index in [2.05, 4.69) is 0 Å². The van der Waals surface area contributed by atoms with E-state index >= 15 is 0 Å². The fourth-order valence-electron chi connectivity index (χ4n) is 0.807. The van der Waals surface area contributed by atoms with Crippen molar-refractivity contribution < 1.29 is 9.50 Å². The van der Waals surface area contributed by atoms with E-state index in [9.17, 15) is 4.39 Å². The molecule has 1 unspecified atom stereocenters. The van der Waals surface area contributed by atoms with Crippen LogP contribution in [-0.2, 0) is 0 Å². The highest BCUT2D eigenvalue weighted by Crippen LogP contribution is 2.19. The van der Waals surface area contributed by atoms with Gasteiger partial charge in [0.05, 0.1) is 6.61 Å². The largest absolute Gasteiger partial charge is 0.393 e. The average molecular weight is 175 g/mol. The van der Waals surface area contributed by atoms with E-state index in [0.717, 1.165) is 0 Å². The van der Waals surface area contributed by atoms with Crippen LogP contribution in [0.15, 0.2) is 24.3 Å². The molecule has 0 aliphatic rings. The van der Waals surface area contributed by atoms with Crippen LogP contribution >= 0.6 is 11.6 Å². The fraction of sp³-hybridized carbons (Fsp3) is 0.250. The van der Waals surface area contributed by atoms with Gasteiger partial charge in [0.1, 0.15) is 6.17 Å². The molecule has 60 valence electrons. The predicted octanol–water partition coefficient (Wildman–Crippen LogP) is 2.34. The standard InChI is InChI=1S/C8H8ClFO/c9-7-3-1-2-6(4-7)8(10)5-11/h1-4,8,11H,5H2. The Labute approximate surface area is 69.4 Å². The van der Waals surface area contributed by atoms with E-state index in [1.54, 1.807) is 18.2 Å². The van der Waals surface area contributed by atoms with E-state index in [1.165, 1.54) is 6.07 Å². The summed E-state index contributed by atoms with van der Waals surface area (Å²) < 4.78 is 12.7. The first kappa shape index (κ1) is 8.50. The second-order valence-corrected chi connectivity index (χ2v) is 2.64. The first-order valence-electron chi connectivity index (χ1n) is 3.24. The highest BCUT2D eigenvalue weighted by atomic mass is 35.5. The van der Waals surface area contributed by atoms with Gasteiger partial charge in [0.15, 0.2) is 0 Å². The number of hydrogen-bond acceptors (Lipinski definition) is 1. The van der Waals surface area contributed by atoms with Gasteiger partial charge in [-0.15, -0.1) is 0 Å². The maximum Gasteiger partial charge on any atom is 0.148 e. The summed E-state index contributed by atoms with van der Waals surface area (Å²) in [6, 6.07) is 6.41. The lowest BCUT2D eigenvalue weighted by molar-refractivity contribution is 0.180. The molecular weight excluding hydrogens is 167 g/mol. The van der Waals surface area contributed by atoms with Crippen molar-refractivity contribution in [2.75, 3.05) is 6.61 Å². The summed E-state index contributed by atoms with van der Waals surface area (Å²) in [5, 5.41) is 8.95. The molecule has 0 heterocycles. The maximum atomic E-state index is 12.7. The van der Waals surface area contributed by atoms with Crippen molar-refractivity contribution in [3.63, 3.8) is 0 Å². The minimum absolute atomic E-state index is 0.417. The Bertz CT molecular complexity index is 239. The number of hydrogen-bond donors (Lipinski definition) is 1. The minimum atomic E-state index is -1.33. The third kappa shape index (κ3) is 2.17. The Morgan fingerprint density at radius 3 is 2.82 bits per heavy atom. The summed E-state index contributed by atoms with van der Waals surface area (Å²) >= 11 is 5.60. The summed E-state index contributed by atoms with van der Waals surface area (Å²) in [4.78, 5) is 0. The van der Waals surface area contributed by atoms with Crippen molar-refractivity contribution >= 4 is 11.6 Å². The highest BCUT2D eigenvalue weighted by Gasteiger charge is 2.06. The Hall–Kier alpha value is -0.600. The van der Waals surface area contributed by atoms with Gasteiger partial charge in [0, 0.05) is 5.02 Å². The molecule has 1 atom stereocenters. The minimum Gasteiger partial charge on any atom is -0.393 e. The van der Waals surface area contributed by atoms with Crippen LogP contribution in [0.3, 0.4) is 0 Å². The van der Waals surface area contributed by atoms with Crippen molar-refractivity contribution in [1.29, 1.82) is 0 Å². The molecule has 0 fully saturated rings. The van der Waals surface area contributed by atoms with Crippen LogP contribution < -0.4 is 0 Å². The van der Waals surface area contributed by atoms with Crippen LogP contribution in [0.5, 0.6) is 0 Å². The van der Waals surface area contributed by atoms with Gasteiger partial charge in [-0.25, -0.2) is 4.39 Å². The summed E-state index contributed by atoms with van der Waals surface area (Å²) in [5.41, 5.74) is 0.417. The first-order valence-corrected chi connectivity index (χ1v) is 3.62. The molecule has 0 radical (unpaired) electrons. The molecule has 0 spiro atoms. The summed E-state index contributed by atoms with van der Waals surface area (Å²) in [7, 11) is 0. The first-order chi connectivity index (χ1) is 5.24. The monoisotopic (exact) mass is 174 g/mol. The number of benzene rings is 1. The number of aliphatic hydroxyl groups excluding tert-OH is 1. The van der Waals surface area contributed by atoms with Crippen LogP contribution in [0.4, 0.5) is 4.39 Å². The predicted molar refractivity (Wildman–Crippen MR) is 42.4 cm³/mol. The van der Waals surface area contributed by atoms with Crippen molar-refractivity contribution in [3.8, 4) is 0 Å². The van der Waals surface area contributed by atoms with Gasteiger partial charge in [0.2, 0.25) is 0 Å². The van der Waals surface area contributed by atoms with Gasteiger partial charge in [-0.1, -0.05) is 23.7 Å². The van der Waals surface area contributed by atoms with E-state index in [4.69, 9.17) is 16.7 Å². The van der Waals surface area contributed by atoms with Crippen LogP contribution in [0.2, 0.25) is 5.02 Å². The Morgan fingerprint density at radius 2 is 2.27 bits per heavy atom. The summed E-state index contributed by atoms with van der Waals surface area (Å²) in [6.07, 6.45) is -1.33. The van der Waals surface area contributed by atoms with E-state index in [-0.39, 0.29) is 0 Å². The molecule has 1 rings (SSSR count). The van der Waals surface area contributed by atoms with Gasteiger partial charge in [-0.3, -0.25) is 0 Å². The topological polar surface area (TPSA) is 20.2 Å². The van der Waals surface area contributed by atoms with E-state index < -0.39 is 12.8 Å². The molecule has 1 nitrogen and oxygen atoms in total. The number of rotatable bonds is 2. The second kappa shape index (κ2) is 3.69. The Balaban J connectivity index is 2.86. The van der Waals surface area contributed by atoms with Crippen molar-refractivity contribution in [1.82, 2.24) is 0 Å². The molecule has 0 aliphatic carbocycles. The molecule has 1 N–H and O–H groups in total. The average Bonchev–Trinajstić information content (AvgIpc) is 2.03. The summed E-state index contributed by atoms with van der Waals surface area (Å²) in [6.45, 7) is -0.500. The zero-order chi connectivity index (χ0) is 8.27. The smallest absolute Gasteiger partial charge is 0.148 e. The molecule has 3 heteroatoms. The highest BCUT2D eigenvalue weighted by molar-refractivity contribution is 6.30. The van der Waals surface area contributed by atoms with E-state index in [1.807, 2.05) is 0 Å².